The predicted molar refractivity (Wildman–Crippen MR) is 111 cm³/mol. The maximum absolute atomic E-state index is 12.8. The third-order valence-corrected chi connectivity index (χ3v) is 4.57. The summed E-state index contributed by atoms with van der Waals surface area (Å²) >= 11 is 0. The summed E-state index contributed by atoms with van der Waals surface area (Å²) in [6.07, 6.45) is 1.69. The van der Waals surface area contributed by atoms with Gasteiger partial charge in [-0.05, 0) is 36.2 Å². The average Bonchev–Trinajstić information content (AvgIpc) is 2.69. The molecule has 0 saturated heterocycles. The Morgan fingerprint density at radius 3 is 2.26 bits per heavy atom. The van der Waals surface area contributed by atoms with Crippen molar-refractivity contribution in [3.63, 3.8) is 0 Å². The van der Waals surface area contributed by atoms with Crippen molar-refractivity contribution in [2.45, 2.75) is 19.8 Å². The Bertz CT molecular complexity index is 1130. The molecule has 2 aromatic carbocycles. The molecule has 0 spiro atoms. The lowest BCUT2D eigenvalue weighted by molar-refractivity contribution is 0.824. The van der Waals surface area contributed by atoms with Crippen LogP contribution in [0.1, 0.15) is 25.5 Å². The van der Waals surface area contributed by atoms with E-state index in [1.807, 2.05) is 66.7 Å². The van der Waals surface area contributed by atoms with E-state index >= 15 is 0 Å². The molecule has 4 aromatic rings. The van der Waals surface area contributed by atoms with Gasteiger partial charge in [0.2, 0.25) is 0 Å². The number of pyridine rings is 2. The van der Waals surface area contributed by atoms with Gasteiger partial charge in [0.25, 0.3) is 0 Å². The molecule has 27 heavy (non-hydrogen) atoms. The van der Waals surface area contributed by atoms with Crippen molar-refractivity contribution in [1.82, 2.24) is 9.55 Å². The van der Waals surface area contributed by atoms with Crippen LogP contribution in [-0.4, -0.2) is 9.55 Å². The van der Waals surface area contributed by atoms with Crippen LogP contribution in [0.3, 0.4) is 0 Å². The minimum Gasteiger partial charge on any atom is -0.341 e. The van der Waals surface area contributed by atoms with Gasteiger partial charge in [-0.15, -0.1) is 0 Å². The molecule has 1 N–H and O–H groups in total. The molecule has 0 bridgehead atoms. The number of benzene rings is 2. The first-order valence-corrected chi connectivity index (χ1v) is 9.06. The normalized spacial score (nSPS) is 11.1. The van der Waals surface area contributed by atoms with E-state index in [-0.39, 0.29) is 11.3 Å². The van der Waals surface area contributed by atoms with Crippen LogP contribution in [0, 0.1) is 0 Å². The lowest BCUT2D eigenvalue weighted by Gasteiger charge is -2.19. The maximum atomic E-state index is 12.8. The summed E-state index contributed by atoms with van der Waals surface area (Å²) in [5, 5.41) is 4.01. The molecule has 0 fully saturated rings. The molecule has 4 heteroatoms. The quantitative estimate of drug-likeness (QED) is 0.544. The Balaban J connectivity index is 2.02. The summed E-state index contributed by atoms with van der Waals surface area (Å²) in [4.78, 5) is 17.2. The van der Waals surface area contributed by atoms with Gasteiger partial charge in [0.15, 0.2) is 5.43 Å². The van der Waals surface area contributed by atoms with E-state index in [4.69, 9.17) is 0 Å². The SMILES string of the molecule is CC(C)c1cc2c(cn1)c(=O)cc(Nc1ccccc1)n2-c1ccccc1. The summed E-state index contributed by atoms with van der Waals surface area (Å²) in [5.41, 5.74) is 3.69. The average molecular weight is 355 g/mol. The number of para-hydroxylation sites is 2. The summed E-state index contributed by atoms with van der Waals surface area (Å²) in [6.45, 7) is 4.20. The highest BCUT2D eigenvalue weighted by atomic mass is 16.1. The molecule has 0 radical (unpaired) electrons. The lowest BCUT2D eigenvalue weighted by atomic mass is 10.1. The van der Waals surface area contributed by atoms with Crippen molar-refractivity contribution in [2.75, 3.05) is 5.32 Å². The van der Waals surface area contributed by atoms with E-state index in [9.17, 15) is 4.79 Å². The predicted octanol–water partition coefficient (Wildman–Crippen LogP) is 5.25. The summed E-state index contributed by atoms with van der Waals surface area (Å²) in [5.74, 6) is 1.00. The van der Waals surface area contributed by atoms with Crippen LogP contribution < -0.4 is 10.7 Å². The standard InChI is InChI=1S/C23H21N3O/c1-16(2)20-13-21-19(15-24-20)22(27)14-23(25-17-9-5-3-6-10-17)26(21)18-11-7-4-8-12-18/h3-16,25H,1-2H3. The number of anilines is 2. The smallest absolute Gasteiger partial charge is 0.193 e. The topological polar surface area (TPSA) is 46.9 Å². The molecule has 0 aliphatic carbocycles. The summed E-state index contributed by atoms with van der Waals surface area (Å²) < 4.78 is 2.08. The van der Waals surface area contributed by atoms with Crippen LogP contribution in [0.15, 0.2) is 83.8 Å². The fourth-order valence-electron chi connectivity index (χ4n) is 3.16. The molecule has 2 aromatic heterocycles. The van der Waals surface area contributed by atoms with Crippen molar-refractivity contribution in [3.8, 4) is 5.69 Å². The van der Waals surface area contributed by atoms with Gasteiger partial charge >= 0.3 is 0 Å². The minimum absolute atomic E-state index is 0.0431. The number of rotatable bonds is 4. The fraction of sp³-hybridized carbons (Fsp3) is 0.130. The van der Waals surface area contributed by atoms with E-state index in [0.29, 0.717) is 5.39 Å². The van der Waals surface area contributed by atoms with Crippen molar-refractivity contribution >= 4 is 22.4 Å². The largest absolute Gasteiger partial charge is 0.341 e. The van der Waals surface area contributed by atoms with Gasteiger partial charge in [0.1, 0.15) is 5.82 Å². The second-order valence-corrected chi connectivity index (χ2v) is 6.84. The van der Waals surface area contributed by atoms with E-state index in [2.05, 4.69) is 28.7 Å². The molecule has 4 rings (SSSR count). The first-order valence-electron chi connectivity index (χ1n) is 9.06. The highest BCUT2D eigenvalue weighted by Gasteiger charge is 2.13. The van der Waals surface area contributed by atoms with E-state index in [1.54, 1.807) is 12.3 Å². The molecule has 134 valence electrons. The molecule has 0 amide bonds. The molecule has 0 atom stereocenters. The van der Waals surface area contributed by atoms with Crippen LogP contribution >= 0.6 is 0 Å². The second-order valence-electron chi connectivity index (χ2n) is 6.84. The maximum Gasteiger partial charge on any atom is 0.193 e. The van der Waals surface area contributed by atoms with E-state index < -0.39 is 0 Å². The monoisotopic (exact) mass is 355 g/mol. The third kappa shape index (κ3) is 3.34. The number of hydrogen-bond donors (Lipinski definition) is 1. The fourth-order valence-corrected chi connectivity index (χ4v) is 3.16. The third-order valence-electron chi connectivity index (χ3n) is 4.57. The molecule has 2 heterocycles. The molecule has 0 unspecified atom stereocenters. The van der Waals surface area contributed by atoms with Crippen molar-refractivity contribution < 1.29 is 0 Å². The molecule has 0 aliphatic heterocycles. The van der Waals surface area contributed by atoms with Crippen LogP contribution in [0.25, 0.3) is 16.6 Å². The van der Waals surface area contributed by atoms with E-state index in [0.717, 1.165) is 28.4 Å². The van der Waals surface area contributed by atoms with Gasteiger partial charge in [-0.3, -0.25) is 14.3 Å². The number of fused-ring (bicyclic) bond motifs is 1. The van der Waals surface area contributed by atoms with Crippen LogP contribution in [0.4, 0.5) is 11.5 Å². The summed E-state index contributed by atoms with van der Waals surface area (Å²) in [7, 11) is 0. The molecule has 0 aliphatic rings. The highest BCUT2D eigenvalue weighted by Crippen LogP contribution is 2.26. The van der Waals surface area contributed by atoms with Crippen LogP contribution in [0.2, 0.25) is 0 Å². The Kier molecular flexibility index (Phi) is 4.47. The van der Waals surface area contributed by atoms with Crippen molar-refractivity contribution in [2.24, 2.45) is 0 Å². The Hall–Kier alpha value is -3.40. The first-order chi connectivity index (χ1) is 13.1. The number of hydrogen-bond acceptors (Lipinski definition) is 3. The first kappa shape index (κ1) is 17.0. The zero-order valence-electron chi connectivity index (χ0n) is 15.4. The van der Waals surface area contributed by atoms with Crippen molar-refractivity contribution in [3.05, 3.63) is 94.9 Å². The van der Waals surface area contributed by atoms with Gasteiger partial charge in [-0.2, -0.15) is 0 Å². The Morgan fingerprint density at radius 1 is 0.926 bits per heavy atom. The van der Waals surface area contributed by atoms with Gasteiger partial charge in [-0.25, -0.2) is 0 Å². The molecular formula is C23H21N3O. The zero-order chi connectivity index (χ0) is 18.8. The molecule has 4 nitrogen and oxygen atoms in total. The van der Waals surface area contributed by atoms with E-state index in [1.165, 1.54) is 0 Å². The lowest BCUT2D eigenvalue weighted by Crippen LogP contribution is -2.13. The second kappa shape index (κ2) is 7.08. The minimum atomic E-state index is -0.0431. The highest BCUT2D eigenvalue weighted by molar-refractivity contribution is 5.83. The van der Waals surface area contributed by atoms with Gasteiger partial charge < -0.3 is 5.32 Å². The van der Waals surface area contributed by atoms with Crippen LogP contribution in [-0.2, 0) is 0 Å². The Morgan fingerprint density at radius 2 is 1.59 bits per heavy atom. The van der Waals surface area contributed by atoms with Crippen LogP contribution in [0.5, 0.6) is 0 Å². The van der Waals surface area contributed by atoms with Gasteiger partial charge in [-0.1, -0.05) is 50.2 Å². The van der Waals surface area contributed by atoms with Gasteiger partial charge in [0.05, 0.1) is 10.9 Å². The molecule has 0 saturated carbocycles. The summed E-state index contributed by atoms with van der Waals surface area (Å²) in [6, 6.07) is 23.6. The molecular weight excluding hydrogens is 334 g/mol. The zero-order valence-corrected chi connectivity index (χ0v) is 15.4. The van der Waals surface area contributed by atoms with Gasteiger partial charge in [0, 0.05) is 29.3 Å². The number of aromatic nitrogens is 2. The number of nitrogens with one attached hydrogen (secondary N) is 1. The number of nitrogens with zero attached hydrogens (tertiary/aromatic N) is 2. The van der Waals surface area contributed by atoms with Crippen molar-refractivity contribution in [1.29, 1.82) is 0 Å². The Labute approximate surface area is 158 Å².